The topological polar surface area (TPSA) is 29.5 Å². The first-order valence-corrected chi connectivity index (χ1v) is 6.84. The molecule has 0 unspecified atom stereocenters. The summed E-state index contributed by atoms with van der Waals surface area (Å²) in [6, 6.07) is 13.2. The number of carbonyl (C=O) groups is 1. The van der Waals surface area contributed by atoms with E-state index in [0.717, 1.165) is 10.6 Å². The fraction of sp³-hybridized carbons (Fsp3) is 0.188. The molecular weight excluding hydrogens is 293 g/mol. The van der Waals surface area contributed by atoms with Gasteiger partial charge in [-0.1, -0.05) is 35.9 Å². The van der Waals surface area contributed by atoms with Gasteiger partial charge in [0.1, 0.15) is 5.82 Å². The molecule has 0 bridgehead atoms. The number of hydroxylamine groups is 2. The summed E-state index contributed by atoms with van der Waals surface area (Å²) in [5.74, 6) is -1.05. The van der Waals surface area contributed by atoms with E-state index in [9.17, 15) is 9.18 Å². The van der Waals surface area contributed by atoms with E-state index in [1.165, 1.54) is 25.3 Å². The summed E-state index contributed by atoms with van der Waals surface area (Å²) in [6.07, 6.45) is 0.588. The third kappa shape index (κ3) is 4.03. The van der Waals surface area contributed by atoms with Crippen LogP contribution in [-0.2, 0) is 11.3 Å². The van der Waals surface area contributed by atoms with E-state index >= 15 is 0 Å². The molecule has 2 aromatic carbocycles. The van der Waals surface area contributed by atoms with Gasteiger partial charge in [-0.25, -0.2) is 9.45 Å². The molecule has 0 spiro atoms. The average molecular weight is 308 g/mol. The standard InChI is InChI=1S/C16H15ClFNO2/c1-21-19(11-10-12-6-8-13(17)9-7-12)16(20)14-4-2-3-5-15(14)18/h2-9H,10-11H2,1H3. The number of amides is 1. The number of nitrogens with zero attached hydrogens (tertiary/aromatic N) is 1. The van der Waals surface area contributed by atoms with Crippen LogP contribution in [0, 0.1) is 5.82 Å². The Bertz CT molecular complexity index is 616. The summed E-state index contributed by atoms with van der Waals surface area (Å²) in [5, 5.41) is 1.80. The second kappa shape index (κ2) is 7.20. The maximum absolute atomic E-state index is 13.6. The van der Waals surface area contributed by atoms with Crippen LogP contribution in [0.3, 0.4) is 0 Å². The van der Waals surface area contributed by atoms with Gasteiger partial charge in [0.15, 0.2) is 0 Å². The van der Waals surface area contributed by atoms with Gasteiger partial charge in [0, 0.05) is 5.02 Å². The van der Waals surface area contributed by atoms with Crippen LogP contribution >= 0.6 is 11.6 Å². The summed E-state index contributed by atoms with van der Waals surface area (Å²) in [6.45, 7) is 0.325. The van der Waals surface area contributed by atoms with Crippen LogP contribution < -0.4 is 0 Å². The largest absolute Gasteiger partial charge is 0.280 e. The van der Waals surface area contributed by atoms with Gasteiger partial charge >= 0.3 is 0 Å². The van der Waals surface area contributed by atoms with Gasteiger partial charge in [-0.15, -0.1) is 0 Å². The Balaban J connectivity index is 2.04. The number of carbonyl (C=O) groups excluding carboxylic acids is 1. The van der Waals surface area contributed by atoms with Crippen LogP contribution in [0.15, 0.2) is 48.5 Å². The summed E-state index contributed by atoms with van der Waals surface area (Å²) in [4.78, 5) is 17.3. The number of rotatable bonds is 5. The minimum atomic E-state index is -0.559. The van der Waals surface area contributed by atoms with Crippen LogP contribution in [0.25, 0.3) is 0 Å². The fourth-order valence-corrected chi connectivity index (χ4v) is 2.05. The van der Waals surface area contributed by atoms with Gasteiger partial charge in [0.25, 0.3) is 5.91 Å². The second-order valence-electron chi connectivity index (χ2n) is 4.45. The zero-order valence-corrected chi connectivity index (χ0v) is 12.3. The fourth-order valence-electron chi connectivity index (χ4n) is 1.93. The molecule has 2 aromatic rings. The van der Waals surface area contributed by atoms with Crippen molar-refractivity contribution in [2.45, 2.75) is 6.42 Å². The van der Waals surface area contributed by atoms with E-state index in [1.807, 2.05) is 12.1 Å². The van der Waals surface area contributed by atoms with Crippen molar-refractivity contribution in [1.29, 1.82) is 0 Å². The molecule has 2 rings (SSSR count). The van der Waals surface area contributed by atoms with Crippen molar-refractivity contribution in [3.05, 3.63) is 70.5 Å². The molecule has 0 aromatic heterocycles. The molecule has 0 saturated carbocycles. The van der Waals surface area contributed by atoms with Crippen molar-refractivity contribution in [3.8, 4) is 0 Å². The molecule has 0 saturated heterocycles. The molecule has 110 valence electrons. The smallest absolute Gasteiger partial charge is 0.274 e. The first-order chi connectivity index (χ1) is 10.1. The van der Waals surface area contributed by atoms with Crippen LogP contribution in [0.1, 0.15) is 15.9 Å². The molecule has 0 heterocycles. The highest BCUT2D eigenvalue weighted by Gasteiger charge is 2.18. The van der Waals surface area contributed by atoms with E-state index in [2.05, 4.69) is 0 Å². The molecule has 1 amide bonds. The Hall–Kier alpha value is -1.91. The Morgan fingerprint density at radius 3 is 2.48 bits per heavy atom. The molecule has 5 heteroatoms. The SMILES string of the molecule is CON(CCc1ccc(Cl)cc1)C(=O)c1ccccc1F. The predicted octanol–water partition coefficient (Wildman–Crippen LogP) is 3.73. The Morgan fingerprint density at radius 1 is 1.19 bits per heavy atom. The molecule has 0 N–H and O–H groups in total. The third-order valence-electron chi connectivity index (χ3n) is 3.07. The second-order valence-corrected chi connectivity index (χ2v) is 4.88. The molecule has 0 aliphatic carbocycles. The Labute approximate surface area is 127 Å². The summed E-state index contributed by atoms with van der Waals surface area (Å²) < 4.78 is 13.6. The highest BCUT2D eigenvalue weighted by molar-refractivity contribution is 6.30. The normalized spacial score (nSPS) is 10.4. The van der Waals surface area contributed by atoms with E-state index in [0.29, 0.717) is 18.0 Å². The summed E-state index contributed by atoms with van der Waals surface area (Å²) in [7, 11) is 1.39. The highest BCUT2D eigenvalue weighted by Crippen LogP contribution is 2.13. The number of benzene rings is 2. The van der Waals surface area contributed by atoms with Gasteiger partial charge in [0.05, 0.1) is 19.2 Å². The minimum absolute atomic E-state index is 0.00421. The van der Waals surface area contributed by atoms with E-state index in [4.69, 9.17) is 16.4 Å². The van der Waals surface area contributed by atoms with Gasteiger partial charge in [-0.05, 0) is 36.2 Å². The lowest BCUT2D eigenvalue weighted by Gasteiger charge is -2.20. The lowest BCUT2D eigenvalue weighted by atomic mass is 10.1. The van der Waals surface area contributed by atoms with Crippen LogP contribution in [0.5, 0.6) is 0 Å². The zero-order valence-electron chi connectivity index (χ0n) is 11.6. The third-order valence-corrected chi connectivity index (χ3v) is 3.32. The first kappa shape index (κ1) is 15.5. The highest BCUT2D eigenvalue weighted by atomic mass is 35.5. The van der Waals surface area contributed by atoms with Gasteiger partial charge < -0.3 is 0 Å². The molecule has 0 atom stereocenters. The van der Waals surface area contributed by atoms with Crippen LogP contribution in [0.4, 0.5) is 4.39 Å². The van der Waals surface area contributed by atoms with Gasteiger partial charge in [0.2, 0.25) is 0 Å². The first-order valence-electron chi connectivity index (χ1n) is 6.47. The van der Waals surface area contributed by atoms with Gasteiger partial charge in [-0.3, -0.25) is 9.63 Å². The quantitative estimate of drug-likeness (QED) is 0.788. The molecule has 0 fully saturated rings. The van der Waals surface area contributed by atoms with Crippen molar-refractivity contribution in [2.24, 2.45) is 0 Å². The molecule has 3 nitrogen and oxygen atoms in total. The van der Waals surface area contributed by atoms with E-state index in [1.54, 1.807) is 18.2 Å². The van der Waals surface area contributed by atoms with Crippen molar-refractivity contribution in [3.63, 3.8) is 0 Å². The number of hydrogen-bond donors (Lipinski definition) is 0. The maximum Gasteiger partial charge on any atom is 0.280 e. The van der Waals surface area contributed by atoms with Crippen LogP contribution in [0.2, 0.25) is 5.02 Å². The Kier molecular flexibility index (Phi) is 5.31. The molecule has 21 heavy (non-hydrogen) atoms. The lowest BCUT2D eigenvalue weighted by Crippen LogP contribution is -2.32. The van der Waals surface area contributed by atoms with Crippen LogP contribution in [-0.4, -0.2) is 24.6 Å². The predicted molar refractivity (Wildman–Crippen MR) is 79.6 cm³/mol. The monoisotopic (exact) mass is 307 g/mol. The summed E-state index contributed by atoms with van der Waals surface area (Å²) in [5.41, 5.74) is 1.01. The maximum atomic E-state index is 13.6. The van der Waals surface area contributed by atoms with Crippen molar-refractivity contribution in [1.82, 2.24) is 5.06 Å². The molecule has 0 aliphatic heterocycles. The van der Waals surface area contributed by atoms with E-state index < -0.39 is 11.7 Å². The zero-order chi connectivity index (χ0) is 15.2. The minimum Gasteiger partial charge on any atom is -0.274 e. The van der Waals surface area contributed by atoms with Crippen molar-refractivity contribution >= 4 is 17.5 Å². The molecular formula is C16H15ClFNO2. The molecule has 0 aliphatic rings. The number of hydrogen-bond acceptors (Lipinski definition) is 2. The van der Waals surface area contributed by atoms with E-state index in [-0.39, 0.29) is 5.56 Å². The Morgan fingerprint density at radius 2 is 1.86 bits per heavy atom. The molecule has 0 radical (unpaired) electrons. The lowest BCUT2D eigenvalue weighted by molar-refractivity contribution is -0.0944. The summed E-state index contributed by atoms with van der Waals surface area (Å²) >= 11 is 5.82. The van der Waals surface area contributed by atoms with Gasteiger partial charge in [-0.2, -0.15) is 0 Å². The van der Waals surface area contributed by atoms with Crippen molar-refractivity contribution in [2.75, 3.05) is 13.7 Å². The average Bonchev–Trinajstić information content (AvgIpc) is 2.50. The van der Waals surface area contributed by atoms with Crippen molar-refractivity contribution < 1.29 is 14.0 Å². The number of halogens is 2.